The first-order valence-corrected chi connectivity index (χ1v) is 6.61. The molecule has 1 N–H and O–H groups in total. The standard InChI is InChI=1S/C11H12O7S/c1-3-18-11(13)8-4-7(10(12)17-2)5-9(6-8)19(14,15)16/h4-6H,3H2,1-2H3,(H,14,15,16). The molecular formula is C11H12O7S. The zero-order valence-electron chi connectivity index (χ0n) is 10.2. The van der Waals surface area contributed by atoms with E-state index in [9.17, 15) is 18.0 Å². The fourth-order valence-electron chi connectivity index (χ4n) is 1.32. The maximum atomic E-state index is 11.5. The number of hydrogen-bond donors (Lipinski definition) is 1. The quantitative estimate of drug-likeness (QED) is 0.647. The first-order valence-electron chi connectivity index (χ1n) is 5.17. The van der Waals surface area contributed by atoms with Crippen LogP contribution in [0, 0.1) is 0 Å². The van der Waals surface area contributed by atoms with E-state index >= 15 is 0 Å². The lowest BCUT2D eigenvalue weighted by atomic mass is 10.1. The van der Waals surface area contributed by atoms with Crippen LogP contribution < -0.4 is 0 Å². The summed E-state index contributed by atoms with van der Waals surface area (Å²) in [5, 5.41) is 0. The topological polar surface area (TPSA) is 107 Å². The van der Waals surface area contributed by atoms with Gasteiger partial charge in [0.25, 0.3) is 10.1 Å². The third kappa shape index (κ3) is 3.76. The fraction of sp³-hybridized carbons (Fsp3) is 0.273. The predicted molar refractivity (Wildman–Crippen MR) is 63.6 cm³/mol. The molecule has 0 aliphatic carbocycles. The molecule has 8 heteroatoms. The molecule has 7 nitrogen and oxygen atoms in total. The van der Waals surface area contributed by atoms with Crippen LogP contribution in [0.15, 0.2) is 23.1 Å². The van der Waals surface area contributed by atoms with Crippen molar-refractivity contribution in [3.05, 3.63) is 29.3 Å². The summed E-state index contributed by atoms with van der Waals surface area (Å²) in [4.78, 5) is 22.3. The second-order valence-electron chi connectivity index (χ2n) is 3.43. The van der Waals surface area contributed by atoms with Crippen molar-refractivity contribution in [1.29, 1.82) is 0 Å². The van der Waals surface area contributed by atoms with Crippen LogP contribution in [0.2, 0.25) is 0 Å². The van der Waals surface area contributed by atoms with E-state index in [0.717, 1.165) is 25.3 Å². The zero-order valence-corrected chi connectivity index (χ0v) is 11.1. The Bertz CT molecular complexity index is 603. The van der Waals surface area contributed by atoms with Crippen LogP contribution in [0.25, 0.3) is 0 Å². The summed E-state index contributed by atoms with van der Waals surface area (Å²) >= 11 is 0. The van der Waals surface area contributed by atoms with Crippen molar-refractivity contribution < 1.29 is 32.0 Å². The molecule has 1 aromatic rings. The Morgan fingerprint density at radius 3 is 2.11 bits per heavy atom. The highest BCUT2D eigenvalue weighted by molar-refractivity contribution is 7.85. The van der Waals surface area contributed by atoms with Gasteiger partial charge in [0.05, 0.1) is 29.7 Å². The van der Waals surface area contributed by atoms with Crippen molar-refractivity contribution in [3.63, 3.8) is 0 Å². The summed E-state index contributed by atoms with van der Waals surface area (Å²) in [7, 11) is -3.45. The SMILES string of the molecule is CCOC(=O)c1cc(C(=O)OC)cc(S(=O)(=O)O)c1. The molecule has 104 valence electrons. The number of methoxy groups -OCH3 is 1. The summed E-state index contributed by atoms with van der Waals surface area (Å²) in [6, 6.07) is 2.95. The number of ether oxygens (including phenoxy) is 2. The van der Waals surface area contributed by atoms with Crippen LogP contribution in [0.1, 0.15) is 27.6 Å². The Balaban J connectivity index is 3.40. The van der Waals surface area contributed by atoms with Crippen molar-refractivity contribution >= 4 is 22.1 Å². The van der Waals surface area contributed by atoms with Gasteiger partial charge >= 0.3 is 11.9 Å². The molecule has 0 aliphatic rings. The van der Waals surface area contributed by atoms with Crippen molar-refractivity contribution in [2.24, 2.45) is 0 Å². The Hall–Kier alpha value is -1.93. The molecule has 19 heavy (non-hydrogen) atoms. The Morgan fingerprint density at radius 1 is 1.16 bits per heavy atom. The molecule has 1 aromatic carbocycles. The number of hydrogen-bond acceptors (Lipinski definition) is 6. The lowest BCUT2D eigenvalue weighted by Crippen LogP contribution is -2.11. The summed E-state index contributed by atoms with van der Waals surface area (Å²) in [6.07, 6.45) is 0. The van der Waals surface area contributed by atoms with Crippen LogP contribution in [-0.4, -0.2) is 38.6 Å². The summed E-state index contributed by atoms with van der Waals surface area (Å²) in [6.45, 7) is 1.66. The number of benzene rings is 1. The van der Waals surface area contributed by atoms with Crippen LogP contribution >= 0.6 is 0 Å². The predicted octanol–water partition coefficient (Wildman–Crippen LogP) is 0.897. The molecule has 0 aliphatic heterocycles. The molecule has 0 aromatic heterocycles. The minimum Gasteiger partial charge on any atom is -0.465 e. The van der Waals surface area contributed by atoms with Gasteiger partial charge in [-0.05, 0) is 25.1 Å². The van der Waals surface area contributed by atoms with Gasteiger partial charge in [-0.15, -0.1) is 0 Å². The van der Waals surface area contributed by atoms with Crippen molar-refractivity contribution in [3.8, 4) is 0 Å². The molecule has 0 heterocycles. The van der Waals surface area contributed by atoms with E-state index in [1.165, 1.54) is 0 Å². The number of esters is 2. The van der Waals surface area contributed by atoms with Crippen molar-refractivity contribution in [2.75, 3.05) is 13.7 Å². The van der Waals surface area contributed by atoms with E-state index in [1.807, 2.05) is 0 Å². The largest absolute Gasteiger partial charge is 0.465 e. The Kier molecular flexibility index (Phi) is 4.62. The molecule has 0 saturated carbocycles. The minimum absolute atomic E-state index is 0.0858. The minimum atomic E-state index is -4.55. The van der Waals surface area contributed by atoms with Crippen LogP contribution in [-0.2, 0) is 19.6 Å². The van der Waals surface area contributed by atoms with Gasteiger partial charge in [-0.2, -0.15) is 8.42 Å². The van der Waals surface area contributed by atoms with Gasteiger partial charge in [0, 0.05) is 0 Å². The molecule has 0 unspecified atom stereocenters. The fourth-order valence-corrected chi connectivity index (χ4v) is 1.87. The summed E-state index contributed by atoms with van der Waals surface area (Å²) in [5.41, 5.74) is -0.349. The second kappa shape index (κ2) is 5.81. The molecule has 0 fully saturated rings. The molecule has 0 amide bonds. The van der Waals surface area contributed by atoms with Gasteiger partial charge in [-0.1, -0.05) is 0 Å². The van der Waals surface area contributed by atoms with E-state index in [0.29, 0.717) is 0 Å². The van der Waals surface area contributed by atoms with Gasteiger partial charge in [0.2, 0.25) is 0 Å². The lowest BCUT2D eigenvalue weighted by Gasteiger charge is -2.06. The van der Waals surface area contributed by atoms with Crippen molar-refractivity contribution in [1.82, 2.24) is 0 Å². The van der Waals surface area contributed by atoms with Crippen molar-refractivity contribution in [2.45, 2.75) is 11.8 Å². The first kappa shape index (κ1) is 15.1. The van der Waals surface area contributed by atoms with Crippen LogP contribution in [0.5, 0.6) is 0 Å². The number of carbonyl (C=O) groups excluding carboxylic acids is 2. The third-order valence-electron chi connectivity index (χ3n) is 2.14. The van der Waals surface area contributed by atoms with Gasteiger partial charge in [-0.3, -0.25) is 4.55 Å². The lowest BCUT2D eigenvalue weighted by molar-refractivity contribution is 0.0526. The number of rotatable bonds is 4. The average Bonchev–Trinajstić information content (AvgIpc) is 2.36. The Labute approximate surface area is 109 Å². The molecular weight excluding hydrogens is 276 g/mol. The van der Waals surface area contributed by atoms with E-state index < -0.39 is 27.0 Å². The molecule has 0 saturated heterocycles. The van der Waals surface area contributed by atoms with Gasteiger partial charge < -0.3 is 9.47 Å². The highest BCUT2D eigenvalue weighted by Crippen LogP contribution is 2.17. The average molecular weight is 288 g/mol. The second-order valence-corrected chi connectivity index (χ2v) is 4.85. The van der Waals surface area contributed by atoms with Gasteiger partial charge in [0.1, 0.15) is 0 Å². The highest BCUT2D eigenvalue weighted by Gasteiger charge is 2.19. The smallest absolute Gasteiger partial charge is 0.338 e. The third-order valence-corrected chi connectivity index (χ3v) is 2.97. The first-order chi connectivity index (χ1) is 8.79. The van der Waals surface area contributed by atoms with E-state index in [-0.39, 0.29) is 17.7 Å². The molecule has 0 spiro atoms. The summed E-state index contributed by atoms with van der Waals surface area (Å²) < 4.78 is 40.3. The molecule has 0 bridgehead atoms. The number of carbonyl (C=O) groups is 2. The normalized spacial score (nSPS) is 10.9. The molecule has 0 radical (unpaired) electrons. The maximum absolute atomic E-state index is 11.5. The highest BCUT2D eigenvalue weighted by atomic mass is 32.2. The zero-order chi connectivity index (χ0) is 14.6. The maximum Gasteiger partial charge on any atom is 0.338 e. The van der Waals surface area contributed by atoms with Gasteiger partial charge in [-0.25, -0.2) is 9.59 Å². The van der Waals surface area contributed by atoms with E-state index in [4.69, 9.17) is 9.29 Å². The van der Waals surface area contributed by atoms with Crippen LogP contribution in [0.3, 0.4) is 0 Å². The van der Waals surface area contributed by atoms with E-state index in [1.54, 1.807) is 6.92 Å². The van der Waals surface area contributed by atoms with E-state index in [2.05, 4.69) is 4.74 Å². The molecule has 1 rings (SSSR count). The monoisotopic (exact) mass is 288 g/mol. The van der Waals surface area contributed by atoms with Crippen LogP contribution in [0.4, 0.5) is 0 Å². The van der Waals surface area contributed by atoms with Gasteiger partial charge in [0.15, 0.2) is 0 Å². The Morgan fingerprint density at radius 2 is 1.68 bits per heavy atom. The summed E-state index contributed by atoms with van der Waals surface area (Å²) in [5.74, 6) is -1.64. The molecule has 0 atom stereocenters.